The molecule has 2 nitrogen and oxygen atoms in total. The van der Waals surface area contributed by atoms with Gasteiger partial charge in [0.15, 0.2) is 0 Å². The predicted molar refractivity (Wildman–Crippen MR) is 67.6 cm³/mol. The van der Waals surface area contributed by atoms with E-state index in [2.05, 4.69) is 36.6 Å². The Balaban J connectivity index is 2.41. The number of aryl methyl sites for hydroxylation is 2. The van der Waals surface area contributed by atoms with E-state index in [9.17, 15) is 0 Å². The highest BCUT2D eigenvalue weighted by Gasteiger charge is 2.28. The summed E-state index contributed by atoms with van der Waals surface area (Å²) in [6.07, 6.45) is 2.62. The molecule has 84 valence electrons. The van der Waals surface area contributed by atoms with Gasteiger partial charge in [0.2, 0.25) is 0 Å². The zero-order chi connectivity index (χ0) is 11.3. The Morgan fingerprint density at radius 2 is 2.06 bits per heavy atom. The van der Waals surface area contributed by atoms with Crippen LogP contribution in [-0.2, 0) is 6.54 Å². The summed E-state index contributed by atoms with van der Waals surface area (Å²) >= 11 is 0. The monoisotopic (exact) mass is 214 g/mol. The minimum absolute atomic E-state index is 0.649. The van der Waals surface area contributed by atoms with Crippen molar-refractivity contribution < 1.29 is 0 Å². The van der Waals surface area contributed by atoms with Gasteiger partial charge < -0.3 is 10.3 Å². The van der Waals surface area contributed by atoms with E-state index in [1.807, 2.05) is 0 Å². The summed E-state index contributed by atoms with van der Waals surface area (Å²) in [5, 5.41) is 1.41. The quantitative estimate of drug-likeness (QED) is 0.818. The summed E-state index contributed by atoms with van der Waals surface area (Å²) in [5.41, 5.74) is 11.4. The molecule has 16 heavy (non-hydrogen) atoms. The highest BCUT2D eigenvalue weighted by Crippen LogP contribution is 2.41. The Bertz CT molecular complexity index is 547. The normalized spacial score (nSPS) is 15.9. The number of nitrogens with two attached hydrogens (primary N) is 1. The molecule has 3 rings (SSSR count). The second-order valence-corrected chi connectivity index (χ2v) is 4.85. The van der Waals surface area contributed by atoms with Crippen LogP contribution in [0, 0.1) is 13.8 Å². The van der Waals surface area contributed by atoms with Crippen molar-refractivity contribution in [3.8, 4) is 0 Å². The van der Waals surface area contributed by atoms with Crippen molar-refractivity contribution in [1.82, 2.24) is 4.57 Å². The number of hydrogen-bond donors (Lipinski definition) is 1. The number of rotatable bonds is 2. The summed E-state index contributed by atoms with van der Waals surface area (Å²) in [7, 11) is 0. The van der Waals surface area contributed by atoms with Crippen molar-refractivity contribution in [3.63, 3.8) is 0 Å². The molecule has 1 aliphatic carbocycles. The second-order valence-electron chi connectivity index (χ2n) is 4.85. The zero-order valence-electron chi connectivity index (χ0n) is 9.96. The van der Waals surface area contributed by atoms with Gasteiger partial charge in [0.05, 0.1) is 0 Å². The Morgan fingerprint density at radius 3 is 2.69 bits per heavy atom. The molecule has 1 fully saturated rings. The number of benzene rings is 1. The summed E-state index contributed by atoms with van der Waals surface area (Å²) in [4.78, 5) is 0. The zero-order valence-corrected chi connectivity index (χ0v) is 9.96. The third-order valence-electron chi connectivity index (χ3n) is 3.71. The summed E-state index contributed by atoms with van der Waals surface area (Å²) in [6.45, 7) is 5.04. The molecule has 1 aromatic heterocycles. The van der Waals surface area contributed by atoms with Crippen molar-refractivity contribution in [2.45, 2.75) is 39.3 Å². The van der Waals surface area contributed by atoms with E-state index >= 15 is 0 Å². The van der Waals surface area contributed by atoms with Crippen LogP contribution in [0.25, 0.3) is 10.9 Å². The molecule has 1 aliphatic rings. The first-order valence-corrected chi connectivity index (χ1v) is 6.03. The van der Waals surface area contributed by atoms with Gasteiger partial charge in [-0.15, -0.1) is 0 Å². The molecule has 0 saturated heterocycles. The van der Waals surface area contributed by atoms with Crippen LogP contribution < -0.4 is 5.73 Å². The maximum atomic E-state index is 5.91. The summed E-state index contributed by atoms with van der Waals surface area (Å²) in [6, 6.07) is 7.27. The van der Waals surface area contributed by atoms with Gasteiger partial charge in [-0.25, -0.2) is 0 Å². The lowest BCUT2D eigenvalue weighted by Gasteiger charge is -2.07. The molecular formula is C14H18N2. The van der Waals surface area contributed by atoms with Crippen LogP contribution in [0.2, 0.25) is 0 Å². The fourth-order valence-corrected chi connectivity index (χ4v) is 2.81. The van der Waals surface area contributed by atoms with Crippen LogP contribution in [0.1, 0.15) is 35.7 Å². The Labute approximate surface area is 96.1 Å². The number of aromatic nitrogens is 1. The van der Waals surface area contributed by atoms with Gasteiger partial charge in [-0.3, -0.25) is 0 Å². The molecule has 0 bridgehead atoms. The standard InChI is InChI=1S/C14H18N2/c1-9-4-3-5-12-14(9)10(2)13(8-15)16(12)11-6-7-11/h3-5,11H,6-8,15H2,1-2H3. The molecule has 1 saturated carbocycles. The smallest absolute Gasteiger partial charge is 0.0491 e. The van der Waals surface area contributed by atoms with E-state index in [0.29, 0.717) is 12.6 Å². The topological polar surface area (TPSA) is 30.9 Å². The van der Waals surface area contributed by atoms with Gasteiger partial charge in [-0.05, 0) is 43.9 Å². The third-order valence-corrected chi connectivity index (χ3v) is 3.71. The van der Waals surface area contributed by atoms with Crippen LogP contribution >= 0.6 is 0 Å². The van der Waals surface area contributed by atoms with Crippen molar-refractivity contribution in [3.05, 3.63) is 35.0 Å². The molecule has 1 aromatic carbocycles. The molecule has 0 spiro atoms. The lowest BCUT2D eigenvalue weighted by molar-refractivity contribution is 0.717. The summed E-state index contributed by atoms with van der Waals surface area (Å²) in [5.74, 6) is 0. The third kappa shape index (κ3) is 1.23. The molecule has 0 aliphatic heterocycles. The molecule has 1 heterocycles. The molecule has 0 amide bonds. The first-order chi connectivity index (χ1) is 7.74. The first kappa shape index (κ1) is 9.91. The lowest BCUT2D eigenvalue weighted by atomic mass is 10.1. The fraction of sp³-hybridized carbons (Fsp3) is 0.429. The van der Waals surface area contributed by atoms with E-state index < -0.39 is 0 Å². The van der Waals surface area contributed by atoms with E-state index in [0.717, 1.165) is 0 Å². The van der Waals surface area contributed by atoms with Crippen LogP contribution in [-0.4, -0.2) is 4.57 Å². The van der Waals surface area contributed by atoms with Crippen LogP contribution in [0.15, 0.2) is 18.2 Å². The van der Waals surface area contributed by atoms with Gasteiger partial charge in [-0.1, -0.05) is 12.1 Å². The van der Waals surface area contributed by atoms with Crippen molar-refractivity contribution in [2.75, 3.05) is 0 Å². The number of nitrogens with zero attached hydrogens (tertiary/aromatic N) is 1. The van der Waals surface area contributed by atoms with E-state index in [1.54, 1.807) is 0 Å². The molecule has 2 aromatic rings. The van der Waals surface area contributed by atoms with Crippen LogP contribution in [0.5, 0.6) is 0 Å². The SMILES string of the molecule is Cc1cccc2c1c(C)c(CN)n2C1CC1. The van der Waals surface area contributed by atoms with Gasteiger partial charge in [0.25, 0.3) is 0 Å². The number of hydrogen-bond acceptors (Lipinski definition) is 1. The van der Waals surface area contributed by atoms with Crippen molar-refractivity contribution >= 4 is 10.9 Å². The Kier molecular flexibility index (Phi) is 2.08. The second kappa shape index (κ2) is 3.36. The van der Waals surface area contributed by atoms with E-state index in [-0.39, 0.29) is 0 Å². The predicted octanol–water partition coefficient (Wildman–Crippen LogP) is 3.05. The molecule has 0 unspecified atom stereocenters. The van der Waals surface area contributed by atoms with Gasteiger partial charge >= 0.3 is 0 Å². The van der Waals surface area contributed by atoms with Crippen molar-refractivity contribution in [2.24, 2.45) is 5.73 Å². The average molecular weight is 214 g/mol. The molecule has 2 N–H and O–H groups in total. The van der Waals surface area contributed by atoms with Crippen LogP contribution in [0.3, 0.4) is 0 Å². The Hall–Kier alpha value is -1.28. The average Bonchev–Trinajstić information content (AvgIpc) is 3.05. The fourth-order valence-electron chi connectivity index (χ4n) is 2.81. The van der Waals surface area contributed by atoms with Gasteiger partial charge in [0.1, 0.15) is 0 Å². The molecule has 2 heteroatoms. The maximum absolute atomic E-state index is 5.91. The largest absolute Gasteiger partial charge is 0.340 e. The highest BCUT2D eigenvalue weighted by atomic mass is 15.1. The van der Waals surface area contributed by atoms with Crippen molar-refractivity contribution in [1.29, 1.82) is 0 Å². The van der Waals surface area contributed by atoms with Crippen LogP contribution in [0.4, 0.5) is 0 Å². The first-order valence-electron chi connectivity index (χ1n) is 6.03. The van der Waals surface area contributed by atoms with Gasteiger partial charge in [-0.2, -0.15) is 0 Å². The van der Waals surface area contributed by atoms with Gasteiger partial charge in [0, 0.05) is 29.2 Å². The lowest BCUT2D eigenvalue weighted by Crippen LogP contribution is -2.06. The molecular weight excluding hydrogens is 196 g/mol. The minimum atomic E-state index is 0.649. The molecule has 0 atom stereocenters. The van der Waals surface area contributed by atoms with E-state index in [4.69, 9.17) is 5.73 Å². The Morgan fingerprint density at radius 1 is 1.31 bits per heavy atom. The maximum Gasteiger partial charge on any atom is 0.0491 e. The minimum Gasteiger partial charge on any atom is -0.340 e. The summed E-state index contributed by atoms with van der Waals surface area (Å²) < 4.78 is 2.47. The number of fused-ring (bicyclic) bond motifs is 1. The van der Waals surface area contributed by atoms with E-state index in [1.165, 1.54) is 40.6 Å². The highest BCUT2D eigenvalue weighted by molar-refractivity contribution is 5.88. The molecule has 0 radical (unpaired) electrons.